The molecule has 13 heteroatoms. The van der Waals surface area contributed by atoms with Crippen LogP contribution in [0.4, 0.5) is 0 Å². The van der Waals surface area contributed by atoms with Crippen LogP contribution in [-0.2, 0) is 21.3 Å². The highest BCUT2D eigenvalue weighted by Crippen LogP contribution is 2.33. The second-order valence-electron chi connectivity index (χ2n) is 10.3. The van der Waals surface area contributed by atoms with E-state index in [9.17, 15) is 15.0 Å². The zero-order valence-electron chi connectivity index (χ0n) is 23.2. The average Bonchev–Trinajstić information content (AvgIpc) is 3.68. The lowest BCUT2D eigenvalue weighted by Gasteiger charge is -2.23. The average molecular weight is 603 g/mol. The number of nitrogens with zero attached hydrogens (tertiary/aromatic N) is 2. The Labute approximate surface area is 248 Å². The van der Waals surface area contributed by atoms with Crippen LogP contribution in [0, 0.1) is 18.6 Å². The molecule has 0 aliphatic carbocycles. The van der Waals surface area contributed by atoms with Crippen LogP contribution in [-0.4, -0.2) is 74.5 Å². The molecule has 5 rings (SSSR count). The van der Waals surface area contributed by atoms with E-state index in [4.69, 9.17) is 43.1 Å². The Hall–Kier alpha value is -3.07. The molecule has 0 spiro atoms. The summed E-state index contributed by atoms with van der Waals surface area (Å²) >= 11 is 11.1. The minimum absolute atomic E-state index is 0.151. The fraction of sp³-hybridized carbons (Fsp3) is 0.464. The van der Waals surface area contributed by atoms with Crippen molar-refractivity contribution in [2.75, 3.05) is 19.8 Å². The van der Waals surface area contributed by atoms with Gasteiger partial charge in [-0.25, -0.2) is 4.79 Å². The van der Waals surface area contributed by atoms with Crippen molar-refractivity contribution in [2.45, 2.75) is 57.3 Å². The number of aliphatic hydroxyl groups excluding tert-OH is 2. The molecule has 4 N–H and O–H groups in total. The van der Waals surface area contributed by atoms with Gasteiger partial charge in [-0.3, -0.25) is 4.57 Å². The predicted octanol–water partition coefficient (Wildman–Crippen LogP) is 2.70. The van der Waals surface area contributed by atoms with E-state index in [0.717, 1.165) is 16.9 Å². The molecule has 0 radical (unpaired) electrons. The maximum atomic E-state index is 12.1. The number of hydrogen-bond donors (Lipinski definition) is 4. The summed E-state index contributed by atoms with van der Waals surface area (Å²) in [5.74, 6) is 0.223. The summed E-state index contributed by atoms with van der Waals surface area (Å²) in [6.07, 6.45) is -1.43. The number of ether oxygens (including phenoxy) is 3. The number of carbonyl (C=O) groups excluding carboxylic acids is 1. The standard InChI is InChI=1S/C28H34N4O7S2/c1-5-36-26(35)17-10-21(39-15(17)3)25-23(34)19(13-38-25)30-27(40)29-18-12-37-24(22(18)33)20-11-32(28(41)31(20)4)16-8-6-14(2)7-9-16/h6-11,18-19,22-25,33-34H,5,12-13H2,1-4H3,(H2,29,30,40)/t18-,19-,22+,23+,24-,25-/m0/s1. The maximum Gasteiger partial charge on any atom is 0.341 e. The highest BCUT2D eigenvalue weighted by Gasteiger charge is 2.42. The summed E-state index contributed by atoms with van der Waals surface area (Å²) < 4.78 is 26.8. The number of carbonyl (C=O) groups is 1. The molecule has 0 saturated carbocycles. The Kier molecular flexibility index (Phi) is 8.64. The molecule has 3 aromatic rings. The molecule has 4 heterocycles. The van der Waals surface area contributed by atoms with Crippen LogP contribution in [0.25, 0.3) is 5.69 Å². The molecular formula is C28H34N4O7S2. The summed E-state index contributed by atoms with van der Waals surface area (Å²) in [5, 5.41) is 28.5. The van der Waals surface area contributed by atoms with Crippen LogP contribution in [0.15, 0.2) is 40.9 Å². The zero-order chi connectivity index (χ0) is 29.4. The minimum Gasteiger partial charge on any atom is -0.463 e. The van der Waals surface area contributed by atoms with E-state index in [0.29, 0.717) is 21.9 Å². The van der Waals surface area contributed by atoms with Crippen molar-refractivity contribution in [1.29, 1.82) is 0 Å². The second kappa shape index (κ2) is 12.0. The lowest BCUT2D eigenvalue weighted by molar-refractivity contribution is 0.0254. The molecule has 0 unspecified atom stereocenters. The van der Waals surface area contributed by atoms with Crippen molar-refractivity contribution in [2.24, 2.45) is 7.05 Å². The highest BCUT2D eigenvalue weighted by atomic mass is 32.1. The fourth-order valence-electron chi connectivity index (χ4n) is 5.13. The van der Waals surface area contributed by atoms with Crippen LogP contribution in [0.2, 0.25) is 0 Å². The van der Waals surface area contributed by atoms with Gasteiger partial charge in [0.25, 0.3) is 0 Å². The molecule has 2 aromatic heterocycles. The van der Waals surface area contributed by atoms with Crippen molar-refractivity contribution in [3.05, 3.63) is 69.6 Å². The molecule has 11 nitrogen and oxygen atoms in total. The normalized spacial score (nSPS) is 25.8. The van der Waals surface area contributed by atoms with Crippen molar-refractivity contribution < 1.29 is 33.6 Å². The van der Waals surface area contributed by atoms with Crippen LogP contribution >= 0.6 is 24.4 Å². The SMILES string of the molecule is CCOC(=O)c1cc([C@@H]2OC[C@H](NC(=S)N[C@H]3CO[C@@H](c4cn(-c5ccc(C)cc5)c(=S)n4C)[C@@H]3O)[C@H]2O)oc1C. The molecule has 0 bridgehead atoms. The maximum absolute atomic E-state index is 12.1. The van der Waals surface area contributed by atoms with Gasteiger partial charge in [-0.15, -0.1) is 0 Å². The Morgan fingerprint density at radius 2 is 1.68 bits per heavy atom. The summed E-state index contributed by atoms with van der Waals surface area (Å²) in [7, 11) is 1.85. The van der Waals surface area contributed by atoms with Gasteiger partial charge >= 0.3 is 5.97 Å². The van der Waals surface area contributed by atoms with Crippen LogP contribution in [0.5, 0.6) is 0 Å². The number of nitrogens with one attached hydrogen (secondary N) is 2. The van der Waals surface area contributed by atoms with Crippen molar-refractivity contribution in [1.82, 2.24) is 19.8 Å². The lowest BCUT2D eigenvalue weighted by atomic mass is 10.1. The first-order valence-corrected chi connectivity index (χ1v) is 14.2. The van der Waals surface area contributed by atoms with Gasteiger partial charge < -0.3 is 44.0 Å². The number of esters is 1. The Morgan fingerprint density at radius 3 is 2.32 bits per heavy atom. The molecule has 6 atom stereocenters. The molecule has 41 heavy (non-hydrogen) atoms. The Bertz CT molecular complexity index is 1480. The van der Waals surface area contributed by atoms with E-state index in [-0.39, 0.29) is 24.9 Å². The molecule has 2 aliphatic heterocycles. The van der Waals surface area contributed by atoms with Crippen LogP contribution in [0.3, 0.4) is 0 Å². The van der Waals surface area contributed by atoms with Crippen molar-refractivity contribution >= 4 is 35.5 Å². The van der Waals surface area contributed by atoms with Gasteiger partial charge in [-0.05, 0) is 63.4 Å². The first-order valence-electron chi connectivity index (χ1n) is 13.4. The number of aryl methyl sites for hydroxylation is 2. The first kappa shape index (κ1) is 29.4. The topological polar surface area (TPSA) is 132 Å². The monoisotopic (exact) mass is 602 g/mol. The van der Waals surface area contributed by atoms with Crippen molar-refractivity contribution in [3.8, 4) is 5.69 Å². The molecule has 2 aliphatic rings. The number of rotatable bonds is 7. The van der Waals surface area contributed by atoms with Gasteiger partial charge in [-0.1, -0.05) is 17.7 Å². The summed E-state index contributed by atoms with van der Waals surface area (Å²) in [5.41, 5.74) is 3.11. The van der Waals surface area contributed by atoms with Crippen LogP contribution in [0.1, 0.15) is 52.3 Å². The number of imidazole rings is 1. The first-order chi connectivity index (χ1) is 19.6. The number of aromatic nitrogens is 2. The van der Waals surface area contributed by atoms with Gasteiger partial charge in [0.05, 0.1) is 37.6 Å². The van der Waals surface area contributed by atoms with Crippen LogP contribution < -0.4 is 10.6 Å². The molecule has 1 aromatic carbocycles. The van der Waals surface area contributed by atoms with E-state index in [1.165, 1.54) is 6.07 Å². The molecule has 2 fully saturated rings. The van der Waals surface area contributed by atoms with E-state index < -0.39 is 42.5 Å². The highest BCUT2D eigenvalue weighted by molar-refractivity contribution is 7.80. The van der Waals surface area contributed by atoms with E-state index in [2.05, 4.69) is 10.6 Å². The zero-order valence-corrected chi connectivity index (χ0v) is 24.8. The Balaban J connectivity index is 1.20. The number of benzene rings is 1. The van der Waals surface area contributed by atoms with Gasteiger partial charge in [0, 0.05) is 18.9 Å². The number of aliphatic hydroxyl groups is 2. The fourth-order valence-corrected chi connectivity index (χ4v) is 5.70. The molecule has 0 amide bonds. The third-order valence-electron chi connectivity index (χ3n) is 7.45. The largest absolute Gasteiger partial charge is 0.463 e. The summed E-state index contributed by atoms with van der Waals surface area (Å²) in [6.45, 7) is 6.01. The van der Waals surface area contributed by atoms with Crippen molar-refractivity contribution in [3.63, 3.8) is 0 Å². The molecule has 2 saturated heterocycles. The third-order valence-corrected chi connectivity index (χ3v) is 8.15. The third kappa shape index (κ3) is 5.83. The second-order valence-corrected chi connectivity index (χ2v) is 11.0. The van der Waals surface area contributed by atoms with E-state index in [1.807, 2.05) is 53.6 Å². The van der Waals surface area contributed by atoms with Gasteiger partial charge in [0.1, 0.15) is 41.5 Å². The summed E-state index contributed by atoms with van der Waals surface area (Å²) in [4.78, 5) is 12.1. The lowest BCUT2D eigenvalue weighted by Crippen LogP contribution is -2.52. The molecular weight excluding hydrogens is 568 g/mol. The predicted molar refractivity (Wildman–Crippen MR) is 156 cm³/mol. The molecule has 220 valence electrons. The minimum atomic E-state index is -1.00. The van der Waals surface area contributed by atoms with Gasteiger partial charge in [0.2, 0.25) is 0 Å². The van der Waals surface area contributed by atoms with Gasteiger partial charge in [-0.2, -0.15) is 0 Å². The number of furan rings is 1. The smallest absolute Gasteiger partial charge is 0.341 e. The van der Waals surface area contributed by atoms with E-state index in [1.54, 1.807) is 13.8 Å². The number of thiocarbonyl (C=S) groups is 1. The quantitative estimate of drug-likeness (QED) is 0.235. The Morgan fingerprint density at radius 1 is 1.07 bits per heavy atom. The summed E-state index contributed by atoms with van der Waals surface area (Å²) in [6, 6.07) is 8.52. The number of hydrogen-bond acceptors (Lipinski definition) is 9. The van der Waals surface area contributed by atoms with Gasteiger partial charge in [0.15, 0.2) is 9.88 Å². The van der Waals surface area contributed by atoms with E-state index >= 15 is 0 Å².